The monoisotopic (exact) mass is 289 g/mol. The third-order valence-electron chi connectivity index (χ3n) is 4.23. The van der Waals surface area contributed by atoms with Crippen LogP contribution in [0.4, 0.5) is 4.39 Å². The lowest BCUT2D eigenvalue weighted by atomic mass is 9.96. The first-order chi connectivity index (χ1) is 10.2. The second-order valence-corrected chi connectivity index (χ2v) is 5.79. The van der Waals surface area contributed by atoms with Gasteiger partial charge in [-0.3, -0.25) is 0 Å². The van der Waals surface area contributed by atoms with E-state index in [0.717, 1.165) is 0 Å². The van der Waals surface area contributed by atoms with Crippen LogP contribution in [-0.4, -0.2) is 16.2 Å². The molecule has 2 aromatic rings. The largest absolute Gasteiger partial charge is 0.339 e. The average Bonchev–Trinajstić information content (AvgIpc) is 3.13. The van der Waals surface area contributed by atoms with Gasteiger partial charge in [-0.15, -0.1) is 0 Å². The molecule has 0 amide bonds. The summed E-state index contributed by atoms with van der Waals surface area (Å²) in [4.78, 5) is 4.33. The van der Waals surface area contributed by atoms with Gasteiger partial charge in [-0.25, -0.2) is 4.39 Å². The number of hydrogen-bond donors (Lipinski definition) is 1. The maximum Gasteiger partial charge on any atom is 0.228 e. The molecule has 0 saturated heterocycles. The Hall–Kier alpha value is -1.75. The van der Waals surface area contributed by atoms with E-state index in [1.807, 2.05) is 0 Å². The number of nitrogens with zero attached hydrogens (tertiary/aromatic N) is 2. The van der Waals surface area contributed by atoms with Crippen LogP contribution in [-0.2, 0) is 12.8 Å². The molecule has 1 aromatic heterocycles. The Morgan fingerprint density at radius 3 is 2.81 bits per heavy atom. The van der Waals surface area contributed by atoms with E-state index in [-0.39, 0.29) is 11.9 Å². The first-order valence-corrected chi connectivity index (χ1v) is 7.53. The smallest absolute Gasteiger partial charge is 0.228 e. The topological polar surface area (TPSA) is 64.9 Å². The molecule has 0 spiro atoms. The van der Waals surface area contributed by atoms with Crippen LogP contribution in [0.5, 0.6) is 0 Å². The van der Waals surface area contributed by atoms with Crippen molar-refractivity contribution in [3.63, 3.8) is 0 Å². The lowest BCUT2D eigenvalue weighted by Crippen LogP contribution is -2.30. The summed E-state index contributed by atoms with van der Waals surface area (Å²) in [6.07, 6.45) is 5.86. The van der Waals surface area contributed by atoms with Gasteiger partial charge in [0.15, 0.2) is 5.82 Å². The van der Waals surface area contributed by atoms with Gasteiger partial charge in [0.2, 0.25) is 5.89 Å². The van der Waals surface area contributed by atoms with Gasteiger partial charge in [-0.1, -0.05) is 36.2 Å². The van der Waals surface area contributed by atoms with Crippen molar-refractivity contribution in [3.8, 4) is 0 Å². The number of aromatic nitrogens is 2. The molecule has 21 heavy (non-hydrogen) atoms. The van der Waals surface area contributed by atoms with Gasteiger partial charge in [0.05, 0.1) is 0 Å². The summed E-state index contributed by atoms with van der Waals surface area (Å²) in [6.45, 7) is 0. The van der Waals surface area contributed by atoms with Gasteiger partial charge >= 0.3 is 0 Å². The third-order valence-corrected chi connectivity index (χ3v) is 4.23. The molecular formula is C16H20FN3O. The van der Waals surface area contributed by atoms with E-state index in [4.69, 9.17) is 10.3 Å². The average molecular weight is 289 g/mol. The second-order valence-electron chi connectivity index (χ2n) is 5.79. The fraction of sp³-hybridized carbons (Fsp3) is 0.500. The molecule has 5 heteroatoms. The van der Waals surface area contributed by atoms with Gasteiger partial charge in [0.25, 0.3) is 0 Å². The Labute approximate surface area is 123 Å². The molecule has 0 bridgehead atoms. The lowest BCUT2D eigenvalue weighted by molar-refractivity contribution is 0.339. The third kappa shape index (κ3) is 3.47. The minimum atomic E-state index is -0.244. The van der Waals surface area contributed by atoms with Crippen LogP contribution < -0.4 is 5.73 Å². The van der Waals surface area contributed by atoms with E-state index >= 15 is 0 Å². The quantitative estimate of drug-likeness (QED) is 0.919. The summed E-state index contributed by atoms with van der Waals surface area (Å²) in [5, 5.41) is 3.92. The zero-order chi connectivity index (χ0) is 14.7. The Morgan fingerprint density at radius 1 is 1.29 bits per heavy atom. The molecule has 1 aromatic carbocycles. The summed E-state index contributed by atoms with van der Waals surface area (Å²) in [6, 6.07) is 6.72. The predicted octanol–water partition coefficient (Wildman–Crippen LogP) is 2.86. The molecule has 1 aliphatic carbocycles. The van der Waals surface area contributed by atoms with Crippen LogP contribution >= 0.6 is 0 Å². The Balaban J connectivity index is 1.62. The number of hydrogen-bond acceptors (Lipinski definition) is 4. The minimum absolute atomic E-state index is 0.0780. The molecule has 1 fully saturated rings. The van der Waals surface area contributed by atoms with Gasteiger partial charge in [-0.05, 0) is 30.4 Å². The molecule has 112 valence electrons. The molecule has 0 radical (unpaired) electrons. The Bertz CT molecular complexity index is 593. The highest BCUT2D eigenvalue weighted by Crippen LogP contribution is 2.28. The molecule has 1 heterocycles. The van der Waals surface area contributed by atoms with Crippen molar-refractivity contribution >= 4 is 0 Å². The molecule has 3 rings (SSSR count). The van der Waals surface area contributed by atoms with Gasteiger partial charge < -0.3 is 10.3 Å². The standard InChI is InChI=1S/C16H20FN3O/c17-13-8-4-3-7-12(13)9-15-19-16(21-20-15)10-14(18)11-5-1-2-6-11/h3-4,7-8,11,14H,1-2,5-6,9-10,18H2. The summed E-state index contributed by atoms with van der Waals surface area (Å²) in [5.41, 5.74) is 6.78. The molecule has 4 nitrogen and oxygen atoms in total. The molecule has 0 aliphatic heterocycles. The highest BCUT2D eigenvalue weighted by molar-refractivity contribution is 5.20. The maximum atomic E-state index is 13.6. The van der Waals surface area contributed by atoms with Crippen LogP contribution in [0.2, 0.25) is 0 Å². The first kappa shape index (κ1) is 14.2. The van der Waals surface area contributed by atoms with Crippen molar-refractivity contribution < 1.29 is 8.91 Å². The van der Waals surface area contributed by atoms with Crippen molar-refractivity contribution in [2.24, 2.45) is 11.7 Å². The molecule has 1 saturated carbocycles. The van der Waals surface area contributed by atoms with Crippen LogP contribution in [0.3, 0.4) is 0 Å². The van der Waals surface area contributed by atoms with Crippen LogP contribution in [0.15, 0.2) is 28.8 Å². The SMILES string of the molecule is NC(Cc1nc(Cc2ccccc2F)no1)C1CCCC1. The van der Waals surface area contributed by atoms with Gasteiger partial charge in [0, 0.05) is 18.9 Å². The van der Waals surface area contributed by atoms with Gasteiger partial charge in [-0.2, -0.15) is 4.98 Å². The van der Waals surface area contributed by atoms with Crippen molar-refractivity contribution in [1.29, 1.82) is 0 Å². The van der Waals surface area contributed by atoms with Crippen LogP contribution in [0.25, 0.3) is 0 Å². The molecule has 1 aliphatic rings. The zero-order valence-electron chi connectivity index (χ0n) is 12.0. The maximum absolute atomic E-state index is 13.6. The molecular weight excluding hydrogens is 269 g/mol. The molecule has 2 N–H and O–H groups in total. The van der Waals surface area contributed by atoms with E-state index < -0.39 is 0 Å². The number of benzene rings is 1. The van der Waals surface area contributed by atoms with Crippen molar-refractivity contribution in [2.45, 2.75) is 44.6 Å². The Kier molecular flexibility index (Phi) is 4.29. The van der Waals surface area contributed by atoms with Crippen molar-refractivity contribution in [3.05, 3.63) is 47.4 Å². The van der Waals surface area contributed by atoms with E-state index in [1.54, 1.807) is 18.2 Å². The number of nitrogens with two attached hydrogens (primary N) is 1. The summed E-state index contributed by atoms with van der Waals surface area (Å²) in [5.74, 6) is 1.38. The highest BCUT2D eigenvalue weighted by Gasteiger charge is 2.24. The predicted molar refractivity (Wildman–Crippen MR) is 77.1 cm³/mol. The second kappa shape index (κ2) is 6.35. The highest BCUT2D eigenvalue weighted by atomic mass is 19.1. The summed E-state index contributed by atoms with van der Waals surface area (Å²) in [7, 11) is 0. The van der Waals surface area contributed by atoms with Crippen molar-refractivity contribution in [2.75, 3.05) is 0 Å². The van der Waals surface area contributed by atoms with E-state index in [2.05, 4.69) is 10.1 Å². The lowest BCUT2D eigenvalue weighted by Gasteiger charge is -2.16. The normalized spacial score (nSPS) is 17.2. The zero-order valence-corrected chi connectivity index (χ0v) is 12.0. The number of halogens is 1. The minimum Gasteiger partial charge on any atom is -0.339 e. The fourth-order valence-corrected chi connectivity index (χ4v) is 3.01. The van der Waals surface area contributed by atoms with Crippen LogP contribution in [0, 0.1) is 11.7 Å². The first-order valence-electron chi connectivity index (χ1n) is 7.53. The summed E-state index contributed by atoms with van der Waals surface area (Å²) < 4.78 is 18.8. The fourth-order valence-electron chi connectivity index (χ4n) is 3.01. The van der Waals surface area contributed by atoms with Gasteiger partial charge in [0.1, 0.15) is 5.82 Å². The van der Waals surface area contributed by atoms with E-state index in [1.165, 1.54) is 31.7 Å². The molecule has 1 atom stereocenters. The van der Waals surface area contributed by atoms with E-state index in [9.17, 15) is 4.39 Å². The summed E-state index contributed by atoms with van der Waals surface area (Å²) >= 11 is 0. The number of rotatable bonds is 5. The molecule has 1 unspecified atom stereocenters. The van der Waals surface area contributed by atoms with E-state index in [0.29, 0.717) is 36.0 Å². The van der Waals surface area contributed by atoms with Crippen LogP contribution in [0.1, 0.15) is 43.0 Å². The van der Waals surface area contributed by atoms with Crippen molar-refractivity contribution in [1.82, 2.24) is 10.1 Å². The Morgan fingerprint density at radius 2 is 2.05 bits per heavy atom.